The Hall–Kier alpha value is -2.15. The first kappa shape index (κ1) is 12.9. The molecule has 1 aromatic heterocycles. The summed E-state index contributed by atoms with van der Waals surface area (Å²) in [4.78, 5) is 4.62. The van der Waals surface area contributed by atoms with Gasteiger partial charge in [-0.2, -0.15) is 5.26 Å². The van der Waals surface area contributed by atoms with Crippen molar-refractivity contribution >= 4 is 22.9 Å². The lowest BCUT2D eigenvalue weighted by Crippen LogP contribution is -1.80. The number of aromatic nitrogens is 1. The molecule has 96 valence electrons. The first-order chi connectivity index (χ1) is 9.76. The SMILES string of the molecule is N#Cc1ccc(-c2csc(-c3cccc(Cl)c3)n2)cc1. The third-order valence-electron chi connectivity index (χ3n) is 2.89. The third-order valence-corrected chi connectivity index (χ3v) is 4.01. The zero-order valence-electron chi connectivity index (χ0n) is 10.4. The van der Waals surface area contributed by atoms with Gasteiger partial charge in [0, 0.05) is 21.5 Å². The van der Waals surface area contributed by atoms with Crippen LogP contribution in [0, 0.1) is 11.3 Å². The highest BCUT2D eigenvalue weighted by Crippen LogP contribution is 2.30. The number of hydrogen-bond acceptors (Lipinski definition) is 3. The molecule has 20 heavy (non-hydrogen) atoms. The standard InChI is InChI=1S/C16H9ClN2S/c17-14-3-1-2-13(8-14)16-19-15(10-20-16)12-6-4-11(9-18)5-7-12/h1-8,10H. The molecule has 2 aromatic carbocycles. The molecule has 0 aliphatic carbocycles. The molecule has 1 heterocycles. The highest BCUT2D eigenvalue weighted by Gasteiger charge is 2.07. The molecule has 3 aromatic rings. The second-order valence-electron chi connectivity index (χ2n) is 4.24. The number of thiazole rings is 1. The van der Waals surface area contributed by atoms with Crippen molar-refractivity contribution < 1.29 is 0 Å². The minimum atomic E-state index is 0.652. The highest BCUT2D eigenvalue weighted by molar-refractivity contribution is 7.13. The van der Waals surface area contributed by atoms with E-state index in [9.17, 15) is 0 Å². The lowest BCUT2D eigenvalue weighted by molar-refractivity contribution is 1.40. The van der Waals surface area contributed by atoms with E-state index in [1.54, 1.807) is 23.5 Å². The largest absolute Gasteiger partial charge is 0.236 e. The zero-order chi connectivity index (χ0) is 13.9. The molecule has 0 saturated carbocycles. The van der Waals surface area contributed by atoms with E-state index in [2.05, 4.69) is 11.1 Å². The molecular weight excluding hydrogens is 288 g/mol. The third kappa shape index (κ3) is 2.57. The molecule has 0 spiro atoms. The van der Waals surface area contributed by atoms with E-state index >= 15 is 0 Å². The molecule has 0 aliphatic rings. The molecule has 0 N–H and O–H groups in total. The van der Waals surface area contributed by atoms with Gasteiger partial charge in [-0.25, -0.2) is 4.98 Å². The predicted molar refractivity (Wildman–Crippen MR) is 82.7 cm³/mol. The minimum Gasteiger partial charge on any atom is -0.236 e. The molecule has 4 heteroatoms. The first-order valence-corrected chi connectivity index (χ1v) is 7.24. The minimum absolute atomic E-state index is 0.652. The molecule has 2 nitrogen and oxygen atoms in total. The quantitative estimate of drug-likeness (QED) is 0.667. The van der Waals surface area contributed by atoms with Gasteiger partial charge in [0.15, 0.2) is 0 Å². The van der Waals surface area contributed by atoms with Crippen LogP contribution < -0.4 is 0 Å². The Morgan fingerprint density at radius 3 is 2.55 bits per heavy atom. The number of hydrogen-bond donors (Lipinski definition) is 0. The predicted octanol–water partition coefficient (Wildman–Crippen LogP) is 5.00. The molecule has 0 bridgehead atoms. The highest BCUT2D eigenvalue weighted by atomic mass is 35.5. The molecule has 0 saturated heterocycles. The number of nitrogens with zero attached hydrogens (tertiary/aromatic N) is 2. The van der Waals surface area contributed by atoms with E-state index in [4.69, 9.17) is 16.9 Å². The van der Waals surface area contributed by atoms with Crippen LogP contribution in [0.1, 0.15) is 5.56 Å². The van der Waals surface area contributed by atoms with Gasteiger partial charge in [-0.05, 0) is 24.3 Å². The molecular formula is C16H9ClN2S. The molecule has 0 fully saturated rings. The van der Waals surface area contributed by atoms with Gasteiger partial charge in [0.25, 0.3) is 0 Å². The Morgan fingerprint density at radius 2 is 1.85 bits per heavy atom. The molecule has 0 atom stereocenters. The van der Waals surface area contributed by atoms with Crippen molar-refractivity contribution in [3.05, 3.63) is 64.5 Å². The maximum absolute atomic E-state index is 8.80. The second kappa shape index (κ2) is 5.46. The molecule has 0 amide bonds. The van der Waals surface area contributed by atoms with E-state index in [0.717, 1.165) is 21.8 Å². The Kier molecular flexibility index (Phi) is 3.51. The summed E-state index contributed by atoms with van der Waals surface area (Å²) in [5.41, 5.74) is 3.59. The number of nitriles is 1. The van der Waals surface area contributed by atoms with Crippen LogP contribution in [-0.4, -0.2) is 4.98 Å². The van der Waals surface area contributed by atoms with Crippen molar-refractivity contribution in [2.45, 2.75) is 0 Å². The van der Waals surface area contributed by atoms with Crippen molar-refractivity contribution in [3.8, 4) is 27.9 Å². The summed E-state index contributed by atoms with van der Waals surface area (Å²) in [6.07, 6.45) is 0. The lowest BCUT2D eigenvalue weighted by Gasteiger charge is -1.98. The summed E-state index contributed by atoms with van der Waals surface area (Å²) in [5.74, 6) is 0. The second-order valence-corrected chi connectivity index (χ2v) is 5.53. The summed E-state index contributed by atoms with van der Waals surface area (Å²) < 4.78 is 0. The summed E-state index contributed by atoms with van der Waals surface area (Å²) in [5, 5.41) is 12.5. The van der Waals surface area contributed by atoms with Crippen molar-refractivity contribution in [2.75, 3.05) is 0 Å². The van der Waals surface area contributed by atoms with Crippen LogP contribution in [0.15, 0.2) is 53.9 Å². The van der Waals surface area contributed by atoms with Crippen molar-refractivity contribution in [3.63, 3.8) is 0 Å². The van der Waals surface area contributed by atoms with Gasteiger partial charge in [-0.3, -0.25) is 0 Å². The van der Waals surface area contributed by atoms with Gasteiger partial charge in [-0.1, -0.05) is 35.9 Å². The molecule has 3 rings (SSSR count). The maximum atomic E-state index is 8.80. The molecule has 0 aliphatic heterocycles. The first-order valence-electron chi connectivity index (χ1n) is 5.98. The van der Waals surface area contributed by atoms with Gasteiger partial charge >= 0.3 is 0 Å². The van der Waals surface area contributed by atoms with Crippen molar-refractivity contribution in [1.29, 1.82) is 5.26 Å². The summed E-state index contributed by atoms with van der Waals surface area (Å²) in [6.45, 7) is 0. The number of rotatable bonds is 2. The monoisotopic (exact) mass is 296 g/mol. The van der Waals surface area contributed by atoms with E-state index in [-0.39, 0.29) is 0 Å². The fraction of sp³-hybridized carbons (Fsp3) is 0. The topological polar surface area (TPSA) is 36.7 Å². The Morgan fingerprint density at radius 1 is 1.05 bits per heavy atom. The lowest BCUT2D eigenvalue weighted by atomic mass is 10.1. The number of halogens is 1. The maximum Gasteiger partial charge on any atom is 0.124 e. The van der Waals surface area contributed by atoms with E-state index in [1.165, 1.54) is 0 Å². The van der Waals surface area contributed by atoms with Crippen LogP contribution in [0.2, 0.25) is 5.02 Å². The average molecular weight is 297 g/mol. The summed E-state index contributed by atoms with van der Waals surface area (Å²) >= 11 is 7.58. The molecule has 0 unspecified atom stereocenters. The van der Waals surface area contributed by atoms with Gasteiger partial charge in [0.1, 0.15) is 5.01 Å². The van der Waals surface area contributed by atoms with Crippen molar-refractivity contribution in [2.24, 2.45) is 0 Å². The van der Waals surface area contributed by atoms with Crippen LogP contribution in [0.25, 0.3) is 21.8 Å². The van der Waals surface area contributed by atoms with Crippen LogP contribution in [-0.2, 0) is 0 Å². The Bertz CT molecular complexity index is 785. The normalized spacial score (nSPS) is 10.2. The molecule has 0 radical (unpaired) electrons. The van der Waals surface area contributed by atoms with Crippen LogP contribution in [0.4, 0.5) is 0 Å². The van der Waals surface area contributed by atoms with Crippen LogP contribution >= 0.6 is 22.9 Å². The fourth-order valence-corrected chi connectivity index (χ4v) is 2.89. The van der Waals surface area contributed by atoms with Gasteiger partial charge < -0.3 is 0 Å². The van der Waals surface area contributed by atoms with Gasteiger partial charge in [-0.15, -0.1) is 11.3 Å². The Labute approximate surface area is 125 Å². The van der Waals surface area contributed by atoms with Crippen LogP contribution in [0.5, 0.6) is 0 Å². The fourth-order valence-electron chi connectivity index (χ4n) is 1.88. The summed E-state index contributed by atoms with van der Waals surface area (Å²) in [6, 6.07) is 17.2. The average Bonchev–Trinajstić information content (AvgIpc) is 2.97. The van der Waals surface area contributed by atoms with Gasteiger partial charge in [0.2, 0.25) is 0 Å². The zero-order valence-corrected chi connectivity index (χ0v) is 11.9. The van der Waals surface area contributed by atoms with E-state index < -0.39 is 0 Å². The van der Waals surface area contributed by atoms with E-state index in [0.29, 0.717) is 10.6 Å². The van der Waals surface area contributed by atoms with Crippen LogP contribution in [0.3, 0.4) is 0 Å². The van der Waals surface area contributed by atoms with Gasteiger partial charge in [0.05, 0.1) is 17.3 Å². The van der Waals surface area contributed by atoms with E-state index in [1.807, 2.05) is 41.8 Å². The smallest absolute Gasteiger partial charge is 0.124 e. The van der Waals surface area contributed by atoms with Crippen molar-refractivity contribution in [1.82, 2.24) is 4.98 Å². The number of benzene rings is 2. The Balaban J connectivity index is 1.95. The summed E-state index contributed by atoms with van der Waals surface area (Å²) in [7, 11) is 0.